The molecule has 2 fully saturated rings. The molecule has 2 aliphatic rings. The van der Waals surface area contributed by atoms with Crippen LogP contribution in [0, 0.1) is 0 Å². The summed E-state index contributed by atoms with van der Waals surface area (Å²) in [6.07, 6.45) is 3.48. The molecule has 0 radical (unpaired) electrons. The second-order valence-corrected chi connectivity index (χ2v) is 6.64. The smallest absolute Gasteiger partial charge is 0.325 e. The van der Waals surface area contributed by atoms with Crippen LogP contribution in [-0.2, 0) is 15.0 Å². The fourth-order valence-electron chi connectivity index (χ4n) is 3.19. The van der Waals surface area contributed by atoms with E-state index in [4.69, 9.17) is 0 Å². The Morgan fingerprint density at radius 1 is 1.29 bits per heavy atom. The minimum atomic E-state index is -0.491. The van der Waals surface area contributed by atoms with Crippen molar-refractivity contribution in [3.63, 3.8) is 0 Å². The van der Waals surface area contributed by atoms with Crippen LogP contribution in [0.2, 0.25) is 0 Å². The molecule has 1 aliphatic carbocycles. The summed E-state index contributed by atoms with van der Waals surface area (Å²) in [6.45, 7) is 2.28. The first kappa shape index (κ1) is 16.5. The maximum atomic E-state index is 12.2. The molecule has 24 heavy (non-hydrogen) atoms. The average Bonchev–Trinajstić information content (AvgIpc) is 3.34. The highest BCUT2D eigenvalue weighted by molar-refractivity contribution is 6.06. The first-order valence-electron chi connectivity index (χ1n) is 8.50. The van der Waals surface area contributed by atoms with E-state index >= 15 is 0 Å². The molecule has 1 saturated heterocycles. The molecule has 1 aromatic rings. The summed E-state index contributed by atoms with van der Waals surface area (Å²) < 4.78 is 0. The Labute approximate surface area is 141 Å². The highest BCUT2D eigenvalue weighted by Gasteiger charge is 2.44. The van der Waals surface area contributed by atoms with Crippen molar-refractivity contribution in [3.05, 3.63) is 35.9 Å². The third-order valence-corrected chi connectivity index (χ3v) is 4.85. The van der Waals surface area contributed by atoms with Gasteiger partial charge in [0.2, 0.25) is 5.91 Å². The van der Waals surface area contributed by atoms with Gasteiger partial charge in [-0.1, -0.05) is 43.7 Å². The largest absolute Gasteiger partial charge is 0.354 e. The fourth-order valence-corrected chi connectivity index (χ4v) is 3.19. The highest BCUT2D eigenvalue weighted by atomic mass is 16.2. The number of carbonyl (C=O) groups excluding carboxylic acids is 3. The van der Waals surface area contributed by atoms with Gasteiger partial charge in [0.15, 0.2) is 0 Å². The third-order valence-electron chi connectivity index (χ3n) is 4.85. The number of nitrogens with one attached hydrogen (secondary N) is 2. The van der Waals surface area contributed by atoms with Crippen LogP contribution in [0.4, 0.5) is 4.79 Å². The van der Waals surface area contributed by atoms with Crippen molar-refractivity contribution in [1.29, 1.82) is 0 Å². The van der Waals surface area contributed by atoms with Crippen molar-refractivity contribution in [1.82, 2.24) is 15.5 Å². The summed E-state index contributed by atoms with van der Waals surface area (Å²) in [7, 11) is 0. The van der Waals surface area contributed by atoms with Crippen molar-refractivity contribution in [2.24, 2.45) is 0 Å². The number of nitrogens with zero attached hydrogens (tertiary/aromatic N) is 1. The van der Waals surface area contributed by atoms with Gasteiger partial charge in [0.25, 0.3) is 5.91 Å². The first-order chi connectivity index (χ1) is 11.6. The predicted octanol–water partition coefficient (Wildman–Crippen LogP) is 1.55. The van der Waals surface area contributed by atoms with E-state index in [0.29, 0.717) is 13.0 Å². The molecular formula is C18H23N3O3. The Balaban J connectivity index is 1.53. The maximum absolute atomic E-state index is 12.2. The van der Waals surface area contributed by atoms with Crippen molar-refractivity contribution in [3.8, 4) is 0 Å². The monoisotopic (exact) mass is 329 g/mol. The van der Waals surface area contributed by atoms with Crippen molar-refractivity contribution >= 4 is 17.8 Å². The minimum Gasteiger partial charge on any atom is -0.354 e. The molecule has 6 heteroatoms. The van der Waals surface area contributed by atoms with E-state index in [1.807, 2.05) is 25.1 Å². The van der Waals surface area contributed by atoms with Gasteiger partial charge in [-0.3, -0.25) is 14.5 Å². The number of carbonyl (C=O) groups is 3. The van der Waals surface area contributed by atoms with Gasteiger partial charge in [0.1, 0.15) is 12.6 Å². The third kappa shape index (κ3) is 3.27. The van der Waals surface area contributed by atoms with Gasteiger partial charge in [0.05, 0.1) is 0 Å². The van der Waals surface area contributed by atoms with Gasteiger partial charge in [0, 0.05) is 12.0 Å². The number of rotatable bonds is 7. The molecule has 0 spiro atoms. The summed E-state index contributed by atoms with van der Waals surface area (Å²) >= 11 is 0. The number of imide groups is 1. The number of hydrogen-bond donors (Lipinski definition) is 2. The fraction of sp³-hybridized carbons (Fsp3) is 0.500. The Bertz CT molecular complexity index is 640. The lowest BCUT2D eigenvalue weighted by Crippen LogP contribution is -2.43. The van der Waals surface area contributed by atoms with E-state index < -0.39 is 12.1 Å². The van der Waals surface area contributed by atoms with Crippen LogP contribution in [-0.4, -0.2) is 41.9 Å². The zero-order chi connectivity index (χ0) is 17.2. The zero-order valence-electron chi connectivity index (χ0n) is 13.9. The second kappa shape index (κ2) is 6.63. The van der Waals surface area contributed by atoms with E-state index in [-0.39, 0.29) is 23.8 Å². The van der Waals surface area contributed by atoms with Crippen LogP contribution in [0.25, 0.3) is 0 Å². The van der Waals surface area contributed by atoms with E-state index in [1.54, 1.807) is 0 Å². The van der Waals surface area contributed by atoms with Crippen molar-refractivity contribution < 1.29 is 14.4 Å². The van der Waals surface area contributed by atoms with Crippen molar-refractivity contribution in [2.45, 2.75) is 44.1 Å². The van der Waals surface area contributed by atoms with Gasteiger partial charge >= 0.3 is 6.03 Å². The Hall–Kier alpha value is -2.37. The van der Waals surface area contributed by atoms with Crippen molar-refractivity contribution in [2.75, 3.05) is 13.1 Å². The van der Waals surface area contributed by atoms with Crippen LogP contribution in [0.15, 0.2) is 30.3 Å². The van der Waals surface area contributed by atoms with E-state index in [9.17, 15) is 14.4 Å². The molecule has 6 nitrogen and oxygen atoms in total. The molecule has 2 N–H and O–H groups in total. The number of amides is 4. The summed E-state index contributed by atoms with van der Waals surface area (Å²) in [4.78, 5) is 37.2. The molecule has 1 atom stereocenters. The SMILES string of the molecule is CCCC1NC(=O)N(CC(=O)NCC2(c3ccccc3)CC2)C1=O. The molecule has 1 unspecified atom stereocenters. The van der Waals surface area contributed by atoms with Gasteiger partial charge in [-0.15, -0.1) is 0 Å². The Morgan fingerprint density at radius 2 is 2.00 bits per heavy atom. The number of hydrogen-bond acceptors (Lipinski definition) is 3. The minimum absolute atomic E-state index is 0.0128. The van der Waals surface area contributed by atoms with Crippen LogP contribution < -0.4 is 10.6 Å². The summed E-state index contributed by atoms with van der Waals surface area (Å²) in [5.41, 5.74) is 1.24. The van der Waals surface area contributed by atoms with Crippen LogP contribution >= 0.6 is 0 Å². The quantitative estimate of drug-likeness (QED) is 0.745. The lowest BCUT2D eigenvalue weighted by molar-refractivity contribution is -0.132. The van der Waals surface area contributed by atoms with Gasteiger partial charge < -0.3 is 10.6 Å². The second-order valence-electron chi connectivity index (χ2n) is 6.64. The predicted molar refractivity (Wildman–Crippen MR) is 89.3 cm³/mol. The Kier molecular flexibility index (Phi) is 4.55. The lowest BCUT2D eigenvalue weighted by Gasteiger charge is -2.18. The first-order valence-corrected chi connectivity index (χ1v) is 8.50. The van der Waals surface area contributed by atoms with E-state index in [0.717, 1.165) is 24.2 Å². The number of benzene rings is 1. The zero-order valence-corrected chi connectivity index (χ0v) is 13.9. The molecule has 4 amide bonds. The molecule has 3 rings (SSSR count). The van der Waals surface area contributed by atoms with Crippen LogP contribution in [0.5, 0.6) is 0 Å². The van der Waals surface area contributed by atoms with E-state index in [1.165, 1.54) is 5.56 Å². The van der Waals surface area contributed by atoms with Crippen LogP contribution in [0.1, 0.15) is 38.2 Å². The number of urea groups is 1. The topological polar surface area (TPSA) is 78.5 Å². The molecule has 0 bridgehead atoms. The molecule has 0 aromatic heterocycles. The maximum Gasteiger partial charge on any atom is 0.325 e. The summed E-state index contributed by atoms with van der Waals surface area (Å²) in [6, 6.07) is 9.16. The average molecular weight is 329 g/mol. The summed E-state index contributed by atoms with van der Waals surface area (Å²) in [5, 5.41) is 5.51. The van der Waals surface area contributed by atoms with Crippen LogP contribution in [0.3, 0.4) is 0 Å². The highest BCUT2D eigenvalue weighted by Crippen LogP contribution is 2.47. The molecule has 128 valence electrons. The van der Waals surface area contributed by atoms with Gasteiger partial charge in [-0.2, -0.15) is 0 Å². The Morgan fingerprint density at radius 3 is 2.62 bits per heavy atom. The normalized spacial score (nSPS) is 21.5. The van der Waals surface area contributed by atoms with Gasteiger partial charge in [-0.05, 0) is 24.8 Å². The van der Waals surface area contributed by atoms with E-state index in [2.05, 4.69) is 22.8 Å². The standard InChI is InChI=1S/C18H23N3O3/c1-2-6-14-16(23)21(17(24)20-14)11-15(22)19-12-18(9-10-18)13-7-4-3-5-8-13/h3-5,7-8,14H,2,6,9-12H2,1H3,(H,19,22)(H,20,24). The molecule has 1 saturated carbocycles. The van der Waals surface area contributed by atoms with Gasteiger partial charge in [-0.25, -0.2) is 4.79 Å². The summed E-state index contributed by atoms with van der Waals surface area (Å²) in [5.74, 6) is -0.598. The molecule has 1 aliphatic heterocycles. The lowest BCUT2D eigenvalue weighted by atomic mass is 9.96. The molecule has 1 heterocycles. The molecule has 1 aromatic carbocycles. The molecular weight excluding hydrogens is 306 g/mol.